The Hall–Kier alpha value is -1.36. The first-order chi connectivity index (χ1) is 7.86. The number of hydrogen-bond acceptors (Lipinski definition) is 2. The highest BCUT2D eigenvalue weighted by molar-refractivity contribution is 14.1. The number of halogens is 1. The monoisotopic (exact) mass is 321 g/mol. The van der Waals surface area contributed by atoms with E-state index in [9.17, 15) is 0 Å². The molecule has 0 saturated heterocycles. The molecular weight excluding hydrogens is 313 g/mol. The predicted octanol–water partition coefficient (Wildman–Crippen LogP) is 4.10. The molecule has 0 aliphatic rings. The van der Waals surface area contributed by atoms with Crippen LogP contribution in [0.2, 0.25) is 0 Å². The zero-order chi connectivity index (χ0) is 11.0. The Morgan fingerprint density at radius 2 is 1.81 bits per heavy atom. The van der Waals surface area contributed by atoms with Gasteiger partial charge >= 0.3 is 0 Å². The number of rotatable bonds is 1. The van der Waals surface area contributed by atoms with Crippen LogP contribution in [0.4, 0.5) is 0 Å². The second-order valence-corrected chi connectivity index (χ2v) is 4.54. The summed E-state index contributed by atoms with van der Waals surface area (Å²) in [4.78, 5) is 4.33. The lowest BCUT2D eigenvalue weighted by molar-refractivity contribution is 0.629. The Bertz CT molecular complexity index is 631. The van der Waals surface area contributed by atoms with E-state index in [2.05, 4.69) is 27.6 Å². The summed E-state index contributed by atoms with van der Waals surface area (Å²) in [5.74, 6) is 0.898. The lowest BCUT2D eigenvalue weighted by atomic mass is 10.2. The van der Waals surface area contributed by atoms with E-state index in [0.717, 1.165) is 26.0 Å². The maximum absolute atomic E-state index is 5.81. The average molecular weight is 321 g/mol. The van der Waals surface area contributed by atoms with Crippen LogP contribution >= 0.6 is 22.6 Å². The van der Waals surface area contributed by atoms with Gasteiger partial charge in [0.1, 0.15) is 11.3 Å². The van der Waals surface area contributed by atoms with Crippen molar-refractivity contribution in [2.45, 2.75) is 0 Å². The van der Waals surface area contributed by atoms with Crippen LogP contribution in [0.25, 0.3) is 22.4 Å². The summed E-state index contributed by atoms with van der Waals surface area (Å²) in [6.45, 7) is 0. The molecule has 3 rings (SSSR count). The first-order valence-electron chi connectivity index (χ1n) is 4.95. The van der Waals surface area contributed by atoms with Gasteiger partial charge in [0.15, 0.2) is 5.58 Å². The molecule has 0 unspecified atom stereocenters. The van der Waals surface area contributed by atoms with Gasteiger partial charge in [-0.3, -0.25) is 4.98 Å². The van der Waals surface area contributed by atoms with Crippen LogP contribution in [0.5, 0.6) is 0 Å². The van der Waals surface area contributed by atoms with Gasteiger partial charge in [0, 0.05) is 11.8 Å². The van der Waals surface area contributed by atoms with Gasteiger partial charge < -0.3 is 4.42 Å². The first-order valence-corrected chi connectivity index (χ1v) is 6.02. The normalized spacial score (nSPS) is 10.8. The van der Waals surface area contributed by atoms with E-state index in [1.165, 1.54) is 0 Å². The molecule has 2 nitrogen and oxygen atoms in total. The van der Waals surface area contributed by atoms with Crippen LogP contribution in [0.1, 0.15) is 0 Å². The van der Waals surface area contributed by atoms with Gasteiger partial charge in [-0.05, 0) is 34.7 Å². The minimum atomic E-state index is 0.839. The molecule has 0 radical (unpaired) electrons. The second-order valence-electron chi connectivity index (χ2n) is 3.46. The number of benzene rings is 1. The minimum Gasteiger partial charge on any atom is -0.453 e. The molecule has 0 fully saturated rings. The van der Waals surface area contributed by atoms with Crippen LogP contribution in [-0.2, 0) is 0 Å². The van der Waals surface area contributed by atoms with Crippen molar-refractivity contribution in [1.29, 1.82) is 0 Å². The fraction of sp³-hybridized carbons (Fsp3) is 0. The standard InChI is InChI=1S/C13H8INO/c14-11-12-10(7-4-8-15-12)16-13(11)9-5-2-1-3-6-9/h1-8H. The molecule has 2 heterocycles. The van der Waals surface area contributed by atoms with Gasteiger partial charge in [0.25, 0.3) is 0 Å². The summed E-state index contributed by atoms with van der Waals surface area (Å²) in [5, 5.41) is 0. The molecule has 0 bridgehead atoms. The molecule has 3 aromatic rings. The number of hydrogen-bond donors (Lipinski definition) is 0. The lowest BCUT2D eigenvalue weighted by Gasteiger charge is -1.95. The number of fused-ring (bicyclic) bond motifs is 1. The topological polar surface area (TPSA) is 26.0 Å². The van der Waals surface area contributed by atoms with Crippen molar-refractivity contribution < 1.29 is 4.42 Å². The molecule has 0 aliphatic carbocycles. The van der Waals surface area contributed by atoms with E-state index in [1.807, 2.05) is 42.5 Å². The van der Waals surface area contributed by atoms with Crippen molar-refractivity contribution in [1.82, 2.24) is 4.98 Å². The lowest BCUT2D eigenvalue weighted by Crippen LogP contribution is -1.77. The Morgan fingerprint density at radius 1 is 1.00 bits per heavy atom. The molecule has 0 spiro atoms. The van der Waals surface area contributed by atoms with Crippen LogP contribution in [0.15, 0.2) is 53.1 Å². The van der Waals surface area contributed by atoms with Gasteiger partial charge in [-0.15, -0.1) is 0 Å². The molecule has 16 heavy (non-hydrogen) atoms. The van der Waals surface area contributed by atoms with Crippen LogP contribution in [0.3, 0.4) is 0 Å². The van der Waals surface area contributed by atoms with E-state index in [0.29, 0.717) is 0 Å². The minimum absolute atomic E-state index is 0.839. The summed E-state index contributed by atoms with van der Waals surface area (Å²) in [6.07, 6.45) is 1.79. The quantitative estimate of drug-likeness (QED) is 0.631. The van der Waals surface area contributed by atoms with Crippen molar-refractivity contribution in [3.8, 4) is 11.3 Å². The highest BCUT2D eigenvalue weighted by Crippen LogP contribution is 2.32. The van der Waals surface area contributed by atoms with E-state index in [1.54, 1.807) is 6.20 Å². The Morgan fingerprint density at radius 3 is 2.56 bits per heavy atom. The van der Waals surface area contributed by atoms with Gasteiger partial charge in [0.2, 0.25) is 0 Å². The number of nitrogens with zero attached hydrogens (tertiary/aromatic N) is 1. The second kappa shape index (κ2) is 3.90. The third-order valence-electron chi connectivity index (χ3n) is 2.43. The third-order valence-corrected chi connectivity index (χ3v) is 3.43. The Kier molecular flexibility index (Phi) is 2.40. The maximum Gasteiger partial charge on any atom is 0.154 e. The Labute approximate surface area is 106 Å². The fourth-order valence-electron chi connectivity index (χ4n) is 1.68. The van der Waals surface area contributed by atoms with Crippen molar-refractivity contribution in [3.05, 3.63) is 52.2 Å². The zero-order valence-electron chi connectivity index (χ0n) is 8.35. The van der Waals surface area contributed by atoms with Crippen molar-refractivity contribution >= 4 is 33.7 Å². The smallest absolute Gasteiger partial charge is 0.154 e. The first kappa shape index (κ1) is 9.84. The Balaban J connectivity index is 2.29. The van der Waals surface area contributed by atoms with E-state index in [-0.39, 0.29) is 0 Å². The summed E-state index contributed by atoms with van der Waals surface area (Å²) in [5.41, 5.74) is 2.86. The van der Waals surface area contributed by atoms with Crippen LogP contribution < -0.4 is 0 Å². The summed E-state index contributed by atoms with van der Waals surface area (Å²) in [6, 6.07) is 13.9. The molecule has 0 atom stereocenters. The summed E-state index contributed by atoms with van der Waals surface area (Å²) >= 11 is 2.28. The molecule has 0 amide bonds. The SMILES string of the molecule is Ic1c(-c2ccccc2)oc2cccnc12. The van der Waals surface area contributed by atoms with Crippen molar-refractivity contribution in [2.75, 3.05) is 0 Å². The van der Waals surface area contributed by atoms with Crippen molar-refractivity contribution in [3.63, 3.8) is 0 Å². The van der Waals surface area contributed by atoms with E-state index < -0.39 is 0 Å². The van der Waals surface area contributed by atoms with E-state index in [4.69, 9.17) is 4.42 Å². The molecule has 0 N–H and O–H groups in total. The molecule has 0 aliphatic heterocycles. The molecule has 78 valence electrons. The third kappa shape index (κ3) is 1.51. The van der Waals surface area contributed by atoms with Crippen LogP contribution in [0, 0.1) is 3.57 Å². The van der Waals surface area contributed by atoms with Gasteiger partial charge in [-0.25, -0.2) is 0 Å². The van der Waals surface area contributed by atoms with Crippen LogP contribution in [-0.4, -0.2) is 4.98 Å². The molecular formula is C13H8INO. The van der Waals surface area contributed by atoms with Gasteiger partial charge in [-0.2, -0.15) is 0 Å². The van der Waals surface area contributed by atoms with Gasteiger partial charge in [-0.1, -0.05) is 30.3 Å². The highest BCUT2D eigenvalue weighted by Gasteiger charge is 2.13. The molecule has 0 saturated carbocycles. The number of aromatic nitrogens is 1. The maximum atomic E-state index is 5.81. The zero-order valence-corrected chi connectivity index (χ0v) is 10.5. The van der Waals surface area contributed by atoms with Crippen molar-refractivity contribution in [2.24, 2.45) is 0 Å². The van der Waals surface area contributed by atoms with E-state index >= 15 is 0 Å². The number of pyridine rings is 1. The van der Waals surface area contributed by atoms with Gasteiger partial charge in [0.05, 0.1) is 3.57 Å². The predicted molar refractivity (Wildman–Crippen MR) is 72.2 cm³/mol. The fourth-order valence-corrected chi connectivity index (χ4v) is 2.50. The molecule has 3 heteroatoms. The molecule has 2 aromatic heterocycles. The summed E-state index contributed by atoms with van der Waals surface area (Å²) in [7, 11) is 0. The largest absolute Gasteiger partial charge is 0.453 e. The highest BCUT2D eigenvalue weighted by atomic mass is 127. The molecule has 1 aromatic carbocycles. The average Bonchev–Trinajstić information content (AvgIpc) is 2.69. The summed E-state index contributed by atoms with van der Waals surface area (Å²) < 4.78 is 6.88. The number of furan rings is 1.